The molecule has 8 heteroatoms. The minimum Gasteiger partial charge on any atom is -0.464 e. The predicted octanol–water partition coefficient (Wildman–Crippen LogP) is -0.356. The Hall–Kier alpha value is -1.61. The average molecular weight is 306 g/mol. The molecule has 0 aliphatic heterocycles. The molecule has 118 valence electrons. The summed E-state index contributed by atoms with van der Waals surface area (Å²) in [6.07, 6.45) is -8.72. The molecule has 0 bridgehead atoms. The van der Waals surface area contributed by atoms with Gasteiger partial charge in [0.25, 0.3) is 0 Å². The van der Waals surface area contributed by atoms with Gasteiger partial charge in [-0.15, -0.1) is 0 Å². The van der Waals surface area contributed by atoms with E-state index >= 15 is 0 Å². The number of hydrogen-bond donors (Lipinski definition) is 4. The predicted molar refractivity (Wildman–Crippen MR) is 66.0 cm³/mol. The zero-order valence-corrected chi connectivity index (χ0v) is 11.1. The smallest absolute Gasteiger partial charge is 0.337 e. The van der Waals surface area contributed by atoms with Crippen LogP contribution in [-0.4, -0.2) is 51.3 Å². The monoisotopic (exact) mass is 306 g/mol. The molecular formula is C13H16F2O6. The van der Waals surface area contributed by atoms with Crippen molar-refractivity contribution < 1.29 is 38.7 Å². The average Bonchev–Trinajstić information content (AvgIpc) is 2.44. The lowest BCUT2D eigenvalue weighted by molar-refractivity contribution is -0.169. The van der Waals surface area contributed by atoms with Crippen LogP contribution in [-0.2, 0) is 9.53 Å². The molecule has 0 heterocycles. The van der Waals surface area contributed by atoms with E-state index in [1.807, 2.05) is 0 Å². The van der Waals surface area contributed by atoms with E-state index in [0.29, 0.717) is 0 Å². The second-order valence-electron chi connectivity index (χ2n) is 4.26. The molecular weight excluding hydrogens is 290 g/mol. The highest BCUT2D eigenvalue weighted by Crippen LogP contribution is 2.25. The van der Waals surface area contributed by atoms with Gasteiger partial charge in [-0.05, 0) is 19.1 Å². The van der Waals surface area contributed by atoms with Gasteiger partial charge in [0, 0.05) is 0 Å². The Bertz CT molecular complexity index is 475. The van der Waals surface area contributed by atoms with Gasteiger partial charge in [-0.25, -0.2) is 13.6 Å². The number of aliphatic hydroxyl groups is 4. The first-order valence-corrected chi connectivity index (χ1v) is 6.14. The first-order chi connectivity index (χ1) is 9.81. The first kappa shape index (κ1) is 17.4. The molecule has 6 nitrogen and oxygen atoms in total. The van der Waals surface area contributed by atoms with Crippen molar-refractivity contribution in [2.24, 2.45) is 0 Å². The molecule has 0 saturated heterocycles. The van der Waals surface area contributed by atoms with Crippen LogP contribution in [0.25, 0.3) is 0 Å². The van der Waals surface area contributed by atoms with Crippen LogP contribution in [0, 0.1) is 11.6 Å². The summed E-state index contributed by atoms with van der Waals surface area (Å²) in [6, 6.07) is 2.75. The standard InChI is InChI=1S/C13H16F2O6/c1-2-21-13(20)12(19)11(18)10(17)9(16)8-6(14)4-3-5-7(8)15/h3-5,9-12,16-19H,2H2,1H3/t9-,10+,11-,12+/m0/s1. The van der Waals surface area contributed by atoms with Crippen molar-refractivity contribution >= 4 is 5.97 Å². The lowest BCUT2D eigenvalue weighted by Crippen LogP contribution is -2.45. The molecule has 21 heavy (non-hydrogen) atoms. The fourth-order valence-electron chi connectivity index (χ4n) is 1.70. The SMILES string of the molecule is CCOC(=O)[C@H](O)[C@@H](O)[C@H](O)[C@@H](O)c1c(F)cccc1F. The molecule has 0 spiro atoms. The summed E-state index contributed by atoms with van der Waals surface area (Å²) in [7, 11) is 0. The number of rotatable bonds is 6. The molecule has 1 aromatic rings. The number of hydrogen-bond acceptors (Lipinski definition) is 6. The summed E-state index contributed by atoms with van der Waals surface area (Å²) in [5.41, 5.74) is -0.875. The number of halogens is 2. The van der Waals surface area contributed by atoms with Crippen LogP contribution in [0.2, 0.25) is 0 Å². The third-order valence-electron chi connectivity index (χ3n) is 2.82. The molecule has 0 amide bonds. The van der Waals surface area contributed by atoms with Gasteiger partial charge in [-0.2, -0.15) is 0 Å². The number of esters is 1. The molecule has 0 saturated carbocycles. The zero-order valence-electron chi connectivity index (χ0n) is 11.1. The van der Waals surface area contributed by atoms with E-state index in [2.05, 4.69) is 4.74 Å². The topological polar surface area (TPSA) is 107 Å². The van der Waals surface area contributed by atoms with Crippen molar-refractivity contribution in [3.63, 3.8) is 0 Å². The number of benzene rings is 1. The maximum atomic E-state index is 13.5. The molecule has 4 N–H and O–H groups in total. The van der Waals surface area contributed by atoms with Crippen molar-refractivity contribution in [1.82, 2.24) is 0 Å². The van der Waals surface area contributed by atoms with Crippen molar-refractivity contribution in [3.8, 4) is 0 Å². The lowest BCUT2D eigenvalue weighted by Gasteiger charge is -2.26. The lowest BCUT2D eigenvalue weighted by atomic mass is 9.96. The molecule has 0 fully saturated rings. The fraction of sp³-hybridized carbons (Fsp3) is 0.462. The molecule has 1 rings (SSSR count). The summed E-state index contributed by atoms with van der Waals surface area (Å²) >= 11 is 0. The van der Waals surface area contributed by atoms with Gasteiger partial charge in [0.05, 0.1) is 12.2 Å². The van der Waals surface area contributed by atoms with E-state index in [0.717, 1.165) is 18.2 Å². The second-order valence-corrected chi connectivity index (χ2v) is 4.26. The van der Waals surface area contributed by atoms with Crippen molar-refractivity contribution in [3.05, 3.63) is 35.4 Å². The molecule has 4 atom stereocenters. The minimum atomic E-state index is -2.20. The van der Waals surface area contributed by atoms with Crippen LogP contribution in [0.1, 0.15) is 18.6 Å². The Morgan fingerprint density at radius 2 is 1.67 bits per heavy atom. The van der Waals surface area contributed by atoms with Crippen LogP contribution in [0.4, 0.5) is 8.78 Å². The van der Waals surface area contributed by atoms with E-state index < -0.39 is 47.6 Å². The van der Waals surface area contributed by atoms with Gasteiger partial charge in [-0.3, -0.25) is 0 Å². The highest BCUT2D eigenvalue weighted by atomic mass is 19.1. The van der Waals surface area contributed by atoms with Gasteiger partial charge < -0.3 is 25.2 Å². The Labute approximate surface area is 119 Å². The summed E-state index contributed by atoms with van der Waals surface area (Å²) in [6.45, 7) is 1.38. The zero-order chi connectivity index (χ0) is 16.2. The highest BCUT2D eigenvalue weighted by Gasteiger charge is 2.37. The Balaban J connectivity index is 2.91. The highest BCUT2D eigenvalue weighted by molar-refractivity contribution is 5.75. The quantitative estimate of drug-likeness (QED) is 0.535. The van der Waals surface area contributed by atoms with E-state index in [1.165, 1.54) is 6.92 Å². The molecule has 1 aromatic carbocycles. The number of carbonyl (C=O) groups excluding carboxylic acids is 1. The van der Waals surface area contributed by atoms with Crippen LogP contribution < -0.4 is 0 Å². The van der Waals surface area contributed by atoms with Crippen molar-refractivity contribution in [2.45, 2.75) is 31.3 Å². The summed E-state index contributed by atoms with van der Waals surface area (Å²) in [4.78, 5) is 11.2. The molecule has 0 radical (unpaired) electrons. The minimum absolute atomic E-state index is 0.0802. The van der Waals surface area contributed by atoms with E-state index in [4.69, 9.17) is 0 Å². The van der Waals surface area contributed by atoms with Gasteiger partial charge in [0.2, 0.25) is 0 Å². The van der Waals surface area contributed by atoms with Gasteiger partial charge in [0.1, 0.15) is 29.9 Å². The van der Waals surface area contributed by atoms with Crippen LogP contribution in [0.3, 0.4) is 0 Å². The summed E-state index contributed by atoms with van der Waals surface area (Å²) in [5, 5.41) is 38.4. The number of carbonyl (C=O) groups is 1. The van der Waals surface area contributed by atoms with Crippen LogP contribution in [0.15, 0.2) is 18.2 Å². The Kier molecular flexibility index (Phi) is 6.16. The van der Waals surface area contributed by atoms with Crippen LogP contribution in [0.5, 0.6) is 0 Å². The fourth-order valence-corrected chi connectivity index (χ4v) is 1.70. The normalized spacial score (nSPS) is 16.9. The number of ether oxygens (including phenoxy) is 1. The van der Waals surface area contributed by atoms with Gasteiger partial charge >= 0.3 is 5.97 Å². The molecule has 0 unspecified atom stereocenters. The second kappa shape index (κ2) is 7.41. The van der Waals surface area contributed by atoms with Crippen molar-refractivity contribution in [2.75, 3.05) is 6.61 Å². The molecule has 0 aliphatic carbocycles. The first-order valence-electron chi connectivity index (χ1n) is 6.14. The van der Waals surface area contributed by atoms with Crippen molar-refractivity contribution in [1.29, 1.82) is 0 Å². The van der Waals surface area contributed by atoms with Crippen LogP contribution >= 0.6 is 0 Å². The maximum absolute atomic E-state index is 13.5. The third-order valence-corrected chi connectivity index (χ3v) is 2.82. The Morgan fingerprint density at radius 1 is 1.14 bits per heavy atom. The third kappa shape index (κ3) is 3.94. The van der Waals surface area contributed by atoms with E-state index in [-0.39, 0.29) is 6.61 Å². The number of aliphatic hydroxyl groups excluding tert-OH is 4. The van der Waals surface area contributed by atoms with E-state index in [9.17, 15) is 34.0 Å². The molecule has 0 aromatic heterocycles. The largest absolute Gasteiger partial charge is 0.464 e. The molecule has 0 aliphatic rings. The Morgan fingerprint density at radius 3 is 2.14 bits per heavy atom. The summed E-state index contributed by atoms with van der Waals surface area (Å²) < 4.78 is 31.3. The van der Waals surface area contributed by atoms with Gasteiger partial charge in [0.15, 0.2) is 6.10 Å². The van der Waals surface area contributed by atoms with Gasteiger partial charge in [-0.1, -0.05) is 6.07 Å². The van der Waals surface area contributed by atoms with E-state index in [1.54, 1.807) is 0 Å². The summed E-state index contributed by atoms with van der Waals surface area (Å²) in [5.74, 6) is -3.51. The maximum Gasteiger partial charge on any atom is 0.337 e.